The number of nitrogens with two attached hydrogens (primary N) is 1. The van der Waals surface area contributed by atoms with Gasteiger partial charge in [0.15, 0.2) is 0 Å². The summed E-state index contributed by atoms with van der Waals surface area (Å²) in [5, 5.41) is 0. The molecule has 1 saturated heterocycles. The molecule has 2 rings (SSSR count). The molecule has 0 unspecified atom stereocenters. The van der Waals surface area contributed by atoms with E-state index >= 15 is 0 Å². The minimum absolute atomic E-state index is 0.0714. The standard InChI is InChI=1S/C13H18FN3O/c1-16-5-2-6-17(8-7-16)13(18)10-3-4-12(15)11(14)9-10/h3-4,9H,2,5-8,15H2,1H3. The molecule has 1 fully saturated rings. The molecule has 1 aromatic rings. The molecule has 0 spiro atoms. The first-order chi connectivity index (χ1) is 8.58. The van der Waals surface area contributed by atoms with Crippen molar-refractivity contribution in [1.82, 2.24) is 9.80 Å². The second-order valence-corrected chi connectivity index (χ2v) is 4.69. The lowest BCUT2D eigenvalue weighted by atomic mass is 10.1. The summed E-state index contributed by atoms with van der Waals surface area (Å²) in [7, 11) is 2.04. The third-order valence-electron chi connectivity index (χ3n) is 3.25. The molecule has 1 aliphatic heterocycles. The smallest absolute Gasteiger partial charge is 0.254 e. The molecule has 0 radical (unpaired) electrons. The largest absolute Gasteiger partial charge is 0.396 e. The van der Waals surface area contributed by atoms with Crippen molar-refractivity contribution in [3.8, 4) is 0 Å². The van der Waals surface area contributed by atoms with E-state index in [1.807, 2.05) is 7.05 Å². The molecule has 0 atom stereocenters. The summed E-state index contributed by atoms with van der Waals surface area (Å²) in [5.41, 5.74) is 5.84. The van der Waals surface area contributed by atoms with Gasteiger partial charge in [-0.15, -0.1) is 0 Å². The number of halogens is 1. The first-order valence-electron chi connectivity index (χ1n) is 6.11. The van der Waals surface area contributed by atoms with E-state index < -0.39 is 5.82 Å². The number of amides is 1. The van der Waals surface area contributed by atoms with Crippen molar-refractivity contribution in [2.45, 2.75) is 6.42 Å². The highest BCUT2D eigenvalue weighted by atomic mass is 19.1. The Morgan fingerprint density at radius 1 is 1.28 bits per heavy atom. The molecule has 0 bridgehead atoms. The number of carbonyl (C=O) groups is 1. The van der Waals surface area contributed by atoms with E-state index in [1.54, 1.807) is 11.0 Å². The van der Waals surface area contributed by atoms with Crippen LogP contribution in [-0.2, 0) is 0 Å². The summed E-state index contributed by atoms with van der Waals surface area (Å²) in [4.78, 5) is 16.2. The van der Waals surface area contributed by atoms with Crippen molar-refractivity contribution in [3.05, 3.63) is 29.6 Å². The van der Waals surface area contributed by atoms with Gasteiger partial charge < -0.3 is 15.5 Å². The van der Waals surface area contributed by atoms with Crippen LogP contribution >= 0.6 is 0 Å². The van der Waals surface area contributed by atoms with Gasteiger partial charge in [-0.25, -0.2) is 4.39 Å². The van der Waals surface area contributed by atoms with E-state index in [0.717, 1.165) is 26.1 Å². The Kier molecular flexibility index (Phi) is 3.81. The van der Waals surface area contributed by atoms with Crippen LogP contribution in [0.15, 0.2) is 18.2 Å². The van der Waals surface area contributed by atoms with E-state index in [0.29, 0.717) is 12.1 Å². The molecule has 2 N–H and O–H groups in total. The topological polar surface area (TPSA) is 49.6 Å². The van der Waals surface area contributed by atoms with Gasteiger partial charge in [0.25, 0.3) is 5.91 Å². The molecule has 5 heteroatoms. The zero-order valence-corrected chi connectivity index (χ0v) is 10.5. The fourth-order valence-corrected chi connectivity index (χ4v) is 2.09. The van der Waals surface area contributed by atoms with Crippen LogP contribution in [0.25, 0.3) is 0 Å². The summed E-state index contributed by atoms with van der Waals surface area (Å²) in [6.45, 7) is 3.24. The van der Waals surface area contributed by atoms with Crippen LogP contribution in [0, 0.1) is 5.82 Å². The van der Waals surface area contributed by atoms with Gasteiger partial charge in [-0.2, -0.15) is 0 Å². The second-order valence-electron chi connectivity index (χ2n) is 4.69. The monoisotopic (exact) mass is 251 g/mol. The van der Waals surface area contributed by atoms with E-state index in [9.17, 15) is 9.18 Å². The fraction of sp³-hybridized carbons (Fsp3) is 0.462. The zero-order valence-electron chi connectivity index (χ0n) is 10.5. The van der Waals surface area contributed by atoms with Crippen molar-refractivity contribution < 1.29 is 9.18 Å². The minimum atomic E-state index is -0.534. The molecule has 4 nitrogen and oxygen atoms in total. The number of carbonyl (C=O) groups excluding carboxylic acids is 1. The van der Waals surface area contributed by atoms with Crippen LogP contribution in [0.5, 0.6) is 0 Å². The molecule has 1 aliphatic rings. The fourth-order valence-electron chi connectivity index (χ4n) is 2.09. The van der Waals surface area contributed by atoms with Crippen molar-refractivity contribution in [1.29, 1.82) is 0 Å². The lowest BCUT2D eigenvalue weighted by Crippen LogP contribution is -2.34. The maximum atomic E-state index is 13.3. The third-order valence-corrected chi connectivity index (χ3v) is 3.25. The van der Waals surface area contributed by atoms with Gasteiger partial charge in [0.05, 0.1) is 5.69 Å². The number of nitrogens with zero attached hydrogens (tertiary/aromatic N) is 2. The Balaban J connectivity index is 2.12. The Bertz CT molecular complexity index is 450. The summed E-state index contributed by atoms with van der Waals surface area (Å²) in [5.74, 6) is -0.656. The molecular weight excluding hydrogens is 233 g/mol. The van der Waals surface area contributed by atoms with Crippen LogP contribution in [0.4, 0.5) is 10.1 Å². The molecule has 18 heavy (non-hydrogen) atoms. The van der Waals surface area contributed by atoms with Crippen LogP contribution in [0.3, 0.4) is 0 Å². The average molecular weight is 251 g/mol. The van der Waals surface area contributed by atoms with Gasteiger partial charge in [-0.05, 0) is 38.2 Å². The highest BCUT2D eigenvalue weighted by molar-refractivity contribution is 5.94. The van der Waals surface area contributed by atoms with E-state index in [4.69, 9.17) is 5.73 Å². The van der Waals surface area contributed by atoms with Gasteiger partial charge in [0, 0.05) is 25.2 Å². The molecular formula is C13H18FN3O. The predicted octanol–water partition coefficient (Wildman–Crippen LogP) is 1.19. The number of hydrogen-bond donors (Lipinski definition) is 1. The third kappa shape index (κ3) is 2.79. The molecule has 0 aromatic heterocycles. The molecule has 1 aromatic carbocycles. The highest BCUT2D eigenvalue weighted by Crippen LogP contribution is 2.14. The lowest BCUT2D eigenvalue weighted by Gasteiger charge is -2.20. The maximum Gasteiger partial charge on any atom is 0.254 e. The van der Waals surface area contributed by atoms with Gasteiger partial charge in [0.2, 0.25) is 0 Å². The highest BCUT2D eigenvalue weighted by Gasteiger charge is 2.19. The minimum Gasteiger partial charge on any atom is -0.396 e. The lowest BCUT2D eigenvalue weighted by molar-refractivity contribution is 0.0762. The van der Waals surface area contributed by atoms with Crippen LogP contribution in [0.1, 0.15) is 16.8 Å². The van der Waals surface area contributed by atoms with Crippen molar-refractivity contribution in [3.63, 3.8) is 0 Å². The van der Waals surface area contributed by atoms with Crippen LogP contribution < -0.4 is 5.73 Å². The Labute approximate surface area is 106 Å². The second kappa shape index (κ2) is 5.35. The summed E-state index contributed by atoms with van der Waals surface area (Å²) < 4.78 is 13.3. The number of hydrogen-bond acceptors (Lipinski definition) is 3. The maximum absolute atomic E-state index is 13.3. The number of likely N-dealkylation sites (N-methyl/N-ethyl adjacent to an activating group) is 1. The number of benzene rings is 1. The summed E-state index contributed by atoms with van der Waals surface area (Å²) in [6, 6.07) is 4.23. The Hall–Kier alpha value is -1.62. The molecule has 98 valence electrons. The average Bonchev–Trinajstić information content (AvgIpc) is 2.57. The van der Waals surface area contributed by atoms with Gasteiger partial charge >= 0.3 is 0 Å². The van der Waals surface area contributed by atoms with Gasteiger partial charge in [0.1, 0.15) is 5.82 Å². The normalized spacial score (nSPS) is 17.6. The van der Waals surface area contributed by atoms with Gasteiger partial charge in [-0.3, -0.25) is 4.79 Å². The number of rotatable bonds is 1. The van der Waals surface area contributed by atoms with Crippen molar-refractivity contribution >= 4 is 11.6 Å². The summed E-state index contributed by atoms with van der Waals surface area (Å²) >= 11 is 0. The quantitative estimate of drug-likeness (QED) is 0.763. The van der Waals surface area contributed by atoms with Crippen molar-refractivity contribution in [2.75, 3.05) is 39.0 Å². The number of anilines is 1. The molecule has 1 amide bonds. The first-order valence-corrected chi connectivity index (χ1v) is 6.11. The Morgan fingerprint density at radius 3 is 2.78 bits per heavy atom. The van der Waals surface area contributed by atoms with Crippen molar-refractivity contribution in [2.24, 2.45) is 0 Å². The van der Waals surface area contributed by atoms with Crippen LogP contribution in [0.2, 0.25) is 0 Å². The SMILES string of the molecule is CN1CCCN(C(=O)c2ccc(N)c(F)c2)CC1. The summed E-state index contributed by atoms with van der Waals surface area (Å²) in [6.07, 6.45) is 0.944. The molecule has 1 heterocycles. The predicted molar refractivity (Wildman–Crippen MR) is 68.8 cm³/mol. The molecule has 0 aliphatic carbocycles. The Morgan fingerprint density at radius 2 is 2.06 bits per heavy atom. The molecule has 0 saturated carbocycles. The van der Waals surface area contributed by atoms with E-state index in [-0.39, 0.29) is 11.6 Å². The number of nitrogen functional groups attached to an aromatic ring is 1. The van der Waals surface area contributed by atoms with E-state index in [1.165, 1.54) is 12.1 Å². The zero-order chi connectivity index (χ0) is 13.1. The van der Waals surface area contributed by atoms with Crippen LogP contribution in [-0.4, -0.2) is 48.9 Å². The van der Waals surface area contributed by atoms with E-state index in [2.05, 4.69) is 4.90 Å². The van der Waals surface area contributed by atoms with Gasteiger partial charge in [-0.1, -0.05) is 0 Å². The first kappa shape index (κ1) is 12.8.